The fourth-order valence-corrected chi connectivity index (χ4v) is 1.99. The zero-order chi connectivity index (χ0) is 12.4. The van der Waals surface area contributed by atoms with E-state index in [-0.39, 0.29) is 24.2 Å². The van der Waals surface area contributed by atoms with Gasteiger partial charge in [0.15, 0.2) is 0 Å². The maximum atomic E-state index is 13.5. The molecule has 2 unspecified atom stereocenters. The van der Waals surface area contributed by atoms with Crippen LogP contribution in [0, 0.1) is 11.7 Å². The molecule has 0 radical (unpaired) electrons. The Hall–Kier alpha value is -0.980. The van der Waals surface area contributed by atoms with Gasteiger partial charge in [-0.2, -0.15) is 0 Å². The Kier molecular flexibility index (Phi) is 3.76. The second kappa shape index (κ2) is 5.12. The number of carbonyl (C=O) groups excluding carboxylic acids is 1. The second-order valence-corrected chi connectivity index (χ2v) is 4.84. The molecular weight excluding hydrogens is 291 g/mol. The van der Waals surface area contributed by atoms with Crippen LogP contribution < -0.4 is 11.1 Å². The SMILES string of the molecule is NC1COCC1C(=O)Nc1ccc(Br)cc1F. The smallest absolute Gasteiger partial charge is 0.231 e. The van der Waals surface area contributed by atoms with E-state index in [0.717, 1.165) is 0 Å². The highest BCUT2D eigenvalue weighted by molar-refractivity contribution is 9.10. The molecule has 0 bridgehead atoms. The van der Waals surface area contributed by atoms with E-state index in [1.807, 2.05) is 0 Å². The van der Waals surface area contributed by atoms with Crippen LogP contribution >= 0.6 is 15.9 Å². The van der Waals surface area contributed by atoms with E-state index in [4.69, 9.17) is 10.5 Å². The lowest BCUT2D eigenvalue weighted by molar-refractivity contribution is -0.120. The summed E-state index contributed by atoms with van der Waals surface area (Å²) in [6, 6.07) is 4.12. The fourth-order valence-electron chi connectivity index (χ4n) is 1.66. The van der Waals surface area contributed by atoms with Crippen molar-refractivity contribution < 1.29 is 13.9 Å². The summed E-state index contributed by atoms with van der Waals surface area (Å²) in [5.41, 5.74) is 5.86. The third-order valence-electron chi connectivity index (χ3n) is 2.65. The molecular formula is C11H12BrFN2O2. The zero-order valence-corrected chi connectivity index (χ0v) is 10.5. The van der Waals surface area contributed by atoms with Gasteiger partial charge in [0.05, 0.1) is 24.8 Å². The van der Waals surface area contributed by atoms with Crippen LogP contribution in [0.2, 0.25) is 0 Å². The van der Waals surface area contributed by atoms with Crippen molar-refractivity contribution in [3.8, 4) is 0 Å². The van der Waals surface area contributed by atoms with Crippen molar-refractivity contribution in [2.24, 2.45) is 11.7 Å². The van der Waals surface area contributed by atoms with E-state index in [1.54, 1.807) is 6.07 Å². The molecule has 1 fully saturated rings. The minimum atomic E-state index is -0.486. The molecule has 1 aliphatic heterocycles. The largest absolute Gasteiger partial charge is 0.379 e. The number of carbonyl (C=O) groups is 1. The lowest BCUT2D eigenvalue weighted by atomic mass is 10.0. The molecule has 0 spiro atoms. The van der Waals surface area contributed by atoms with E-state index in [1.165, 1.54) is 12.1 Å². The number of rotatable bonds is 2. The van der Waals surface area contributed by atoms with Gasteiger partial charge in [0.2, 0.25) is 5.91 Å². The van der Waals surface area contributed by atoms with Crippen molar-refractivity contribution in [2.45, 2.75) is 6.04 Å². The number of nitrogens with one attached hydrogen (secondary N) is 1. The van der Waals surface area contributed by atoms with Crippen molar-refractivity contribution in [3.63, 3.8) is 0 Å². The molecule has 92 valence electrons. The Bertz CT molecular complexity index is 441. The lowest BCUT2D eigenvalue weighted by Gasteiger charge is -2.13. The molecule has 1 aromatic carbocycles. The van der Waals surface area contributed by atoms with Gasteiger partial charge in [0.25, 0.3) is 0 Å². The highest BCUT2D eigenvalue weighted by Crippen LogP contribution is 2.21. The van der Waals surface area contributed by atoms with E-state index in [9.17, 15) is 9.18 Å². The van der Waals surface area contributed by atoms with Crippen LogP contribution in [-0.4, -0.2) is 25.2 Å². The van der Waals surface area contributed by atoms with Gasteiger partial charge in [-0.3, -0.25) is 4.79 Å². The molecule has 4 nitrogen and oxygen atoms in total. The number of amides is 1. The summed E-state index contributed by atoms with van der Waals surface area (Å²) in [4.78, 5) is 11.8. The van der Waals surface area contributed by atoms with Crippen LogP contribution in [0.25, 0.3) is 0 Å². The monoisotopic (exact) mass is 302 g/mol. The number of anilines is 1. The van der Waals surface area contributed by atoms with E-state index in [2.05, 4.69) is 21.2 Å². The molecule has 0 aromatic heterocycles. The molecule has 1 aliphatic rings. The minimum absolute atomic E-state index is 0.150. The average molecular weight is 303 g/mol. The molecule has 2 rings (SSSR count). The zero-order valence-electron chi connectivity index (χ0n) is 8.95. The van der Waals surface area contributed by atoms with Gasteiger partial charge in [0, 0.05) is 10.5 Å². The third-order valence-corrected chi connectivity index (χ3v) is 3.14. The topological polar surface area (TPSA) is 64.3 Å². The molecule has 3 N–H and O–H groups in total. The summed E-state index contributed by atoms with van der Waals surface area (Å²) in [5.74, 6) is -1.21. The van der Waals surface area contributed by atoms with Gasteiger partial charge >= 0.3 is 0 Å². The quantitative estimate of drug-likeness (QED) is 0.870. The molecule has 1 saturated heterocycles. The molecule has 6 heteroatoms. The summed E-state index contributed by atoms with van der Waals surface area (Å²) in [6.45, 7) is 0.645. The Morgan fingerprint density at radius 3 is 2.88 bits per heavy atom. The Morgan fingerprint density at radius 1 is 1.53 bits per heavy atom. The number of nitrogens with two attached hydrogens (primary N) is 1. The van der Waals surface area contributed by atoms with Gasteiger partial charge in [-0.1, -0.05) is 15.9 Å². The first-order valence-corrected chi connectivity index (χ1v) is 5.96. The minimum Gasteiger partial charge on any atom is -0.379 e. The Morgan fingerprint density at radius 2 is 2.29 bits per heavy atom. The van der Waals surface area contributed by atoms with Crippen LogP contribution in [0.4, 0.5) is 10.1 Å². The second-order valence-electron chi connectivity index (χ2n) is 3.92. The maximum absolute atomic E-state index is 13.5. The van der Waals surface area contributed by atoms with Crippen molar-refractivity contribution in [1.29, 1.82) is 0 Å². The van der Waals surface area contributed by atoms with E-state index in [0.29, 0.717) is 11.1 Å². The highest BCUT2D eigenvalue weighted by atomic mass is 79.9. The summed E-state index contributed by atoms with van der Waals surface area (Å²) >= 11 is 3.15. The molecule has 1 heterocycles. The summed E-state index contributed by atoms with van der Waals surface area (Å²) in [7, 11) is 0. The first-order chi connectivity index (χ1) is 8.08. The van der Waals surface area contributed by atoms with E-state index >= 15 is 0 Å². The molecule has 1 amide bonds. The van der Waals surface area contributed by atoms with Crippen LogP contribution in [0.5, 0.6) is 0 Å². The van der Waals surface area contributed by atoms with Crippen molar-refractivity contribution in [1.82, 2.24) is 0 Å². The van der Waals surface area contributed by atoms with Gasteiger partial charge in [0.1, 0.15) is 5.82 Å². The number of hydrogen-bond donors (Lipinski definition) is 2. The summed E-state index contributed by atoms with van der Waals surface area (Å²) in [5, 5.41) is 2.52. The van der Waals surface area contributed by atoms with Gasteiger partial charge in [-0.15, -0.1) is 0 Å². The third kappa shape index (κ3) is 2.83. The Labute approximate surface area is 106 Å². The Balaban J connectivity index is 2.07. The predicted octanol–water partition coefficient (Wildman–Crippen LogP) is 1.50. The number of benzene rings is 1. The van der Waals surface area contributed by atoms with Gasteiger partial charge in [-0.05, 0) is 18.2 Å². The molecule has 2 atom stereocenters. The summed E-state index contributed by atoms with van der Waals surface area (Å²) in [6.07, 6.45) is 0. The van der Waals surface area contributed by atoms with Crippen LogP contribution in [0.1, 0.15) is 0 Å². The van der Waals surface area contributed by atoms with Crippen molar-refractivity contribution >= 4 is 27.5 Å². The molecule has 0 saturated carbocycles. The van der Waals surface area contributed by atoms with Gasteiger partial charge in [-0.25, -0.2) is 4.39 Å². The highest BCUT2D eigenvalue weighted by Gasteiger charge is 2.31. The number of ether oxygens (including phenoxy) is 1. The predicted molar refractivity (Wildman–Crippen MR) is 65.0 cm³/mol. The molecule has 1 aromatic rings. The lowest BCUT2D eigenvalue weighted by Crippen LogP contribution is -2.37. The molecule has 0 aliphatic carbocycles. The summed E-state index contributed by atoms with van der Waals surface area (Å²) < 4.78 is 19.2. The molecule has 17 heavy (non-hydrogen) atoms. The van der Waals surface area contributed by atoms with Crippen LogP contribution in [0.3, 0.4) is 0 Å². The first kappa shape index (κ1) is 12.5. The first-order valence-electron chi connectivity index (χ1n) is 5.17. The average Bonchev–Trinajstić information content (AvgIpc) is 2.68. The van der Waals surface area contributed by atoms with Crippen molar-refractivity contribution in [3.05, 3.63) is 28.5 Å². The standard InChI is InChI=1S/C11H12BrFN2O2/c12-6-1-2-10(8(13)3-6)15-11(16)7-4-17-5-9(7)14/h1-3,7,9H,4-5,14H2,(H,15,16). The maximum Gasteiger partial charge on any atom is 0.231 e. The normalized spacial score (nSPS) is 23.7. The van der Waals surface area contributed by atoms with Gasteiger partial charge < -0.3 is 15.8 Å². The van der Waals surface area contributed by atoms with Crippen LogP contribution in [-0.2, 0) is 9.53 Å². The van der Waals surface area contributed by atoms with E-state index < -0.39 is 11.7 Å². The number of halogens is 2. The van der Waals surface area contributed by atoms with Crippen LogP contribution in [0.15, 0.2) is 22.7 Å². The fraction of sp³-hybridized carbons (Fsp3) is 0.364. The number of hydrogen-bond acceptors (Lipinski definition) is 3. The van der Waals surface area contributed by atoms with Crippen molar-refractivity contribution in [2.75, 3.05) is 18.5 Å².